The Kier molecular flexibility index (Phi) is 3.41. The zero-order valence-corrected chi connectivity index (χ0v) is 14.3. The van der Waals surface area contributed by atoms with Gasteiger partial charge in [-0.2, -0.15) is 0 Å². The molecule has 5 heteroatoms. The Morgan fingerprint density at radius 2 is 2.20 bits per heavy atom. The zero-order chi connectivity index (χ0) is 17.9. The quantitative estimate of drug-likeness (QED) is 0.857. The van der Waals surface area contributed by atoms with Crippen LogP contribution < -0.4 is 4.90 Å². The Morgan fingerprint density at radius 3 is 2.84 bits per heavy atom. The van der Waals surface area contributed by atoms with Gasteiger partial charge >= 0.3 is 5.97 Å². The average Bonchev–Trinajstić information content (AvgIpc) is 3.16. The predicted octanol–water partition coefficient (Wildman–Crippen LogP) is 2.70. The molecule has 0 saturated carbocycles. The van der Waals surface area contributed by atoms with Gasteiger partial charge in [-0.25, -0.2) is 0 Å². The Morgan fingerprint density at radius 1 is 1.44 bits per heavy atom. The second-order valence-corrected chi connectivity index (χ2v) is 7.36. The van der Waals surface area contributed by atoms with Gasteiger partial charge in [-0.3, -0.25) is 9.59 Å². The van der Waals surface area contributed by atoms with Crippen LogP contribution >= 0.6 is 0 Å². The van der Waals surface area contributed by atoms with Crippen LogP contribution in [0, 0.1) is 18.8 Å². The first kappa shape index (κ1) is 16.1. The van der Waals surface area contributed by atoms with Crippen molar-refractivity contribution in [2.45, 2.75) is 38.0 Å². The van der Waals surface area contributed by atoms with E-state index in [1.807, 2.05) is 44.2 Å². The van der Waals surface area contributed by atoms with Gasteiger partial charge in [-0.05, 0) is 38.0 Å². The fourth-order valence-electron chi connectivity index (χ4n) is 4.60. The Balaban J connectivity index is 1.85. The normalized spacial score (nSPS) is 35.3. The number of carbonyl (C=O) groups is 2. The molecule has 4 rings (SSSR count). The van der Waals surface area contributed by atoms with Gasteiger partial charge in [0.15, 0.2) is 0 Å². The van der Waals surface area contributed by atoms with Crippen LogP contribution in [-0.4, -0.2) is 34.7 Å². The number of hydrogen-bond acceptors (Lipinski definition) is 3. The van der Waals surface area contributed by atoms with Crippen molar-refractivity contribution in [3.63, 3.8) is 0 Å². The average molecular weight is 339 g/mol. The third kappa shape index (κ3) is 2.12. The molecule has 1 aromatic carbocycles. The molecule has 1 amide bonds. The summed E-state index contributed by atoms with van der Waals surface area (Å²) in [5.74, 6) is -2.67. The predicted molar refractivity (Wildman–Crippen MR) is 93.2 cm³/mol. The van der Waals surface area contributed by atoms with Crippen molar-refractivity contribution in [1.29, 1.82) is 0 Å². The number of aliphatic carboxylic acids is 1. The lowest BCUT2D eigenvalue weighted by molar-refractivity contribution is -0.146. The minimum Gasteiger partial charge on any atom is -0.481 e. The second-order valence-electron chi connectivity index (χ2n) is 7.36. The smallest absolute Gasteiger partial charge is 0.310 e. The molecule has 3 aliphatic heterocycles. The second kappa shape index (κ2) is 5.30. The number of carbonyl (C=O) groups excluding carboxylic acids is 1. The number of anilines is 1. The van der Waals surface area contributed by atoms with Crippen LogP contribution in [0.1, 0.15) is 18.9 Å². The molecule has 3 heterocycles. The monoisotopic (exact) mass is 339 g/mol. The van der Waals surface area contributed by atoms with Crippen LogP contribution in [0.4, 0.5) is 5.69 Å². The SMILES string of the molecule is C=C(C)C[C@@H]1N(c2cccc(C)c2)C(=O)[C@H]2[C@@H](C(=O)O)[C@H]3C=C[C@@]12O3. The van der Waals surface area contributed by atoms with Crippen LogP contribution in [-0.2, 0) is 14.3 Å². The van der Waals surface area contributed by atoms with Crippen molar-refractivity contribution in [2.75, 3.05) is 4.90 Å². The maximum absolute atomic E-state index is 13.3. The van der Waals surface area contributed by atoms with Crippen molar-refractivity contribution in [2.24, 2.45) is 11.8 Å². The summed E-state index contributed by atoms with van der Waals surface area (Å²) in [7, 11) is 0. The minimum atomic E-state index is -0.977. The van der Waals surface area contributed by atoms with Gasteiger partial charge < -0.3 is 14.7 Å². The fraction of sp³-hybridized carbons (Fsp3) is 0.400. The third-order valence-electron chi connectivity index (χ3n) is 5.53. The Hall–Kier alpha value is -2.40. The van der Waals surface area contributed by atoms with Crippen LogP contribution in [0.25, 0.3) is 0 Å². The summed E-state index contributed by atoms with van der Waals surface area (Å²) in [6, 6.07) is 7.44. The number of carboxylic acids is 1. The minimum absolute atomic E-state index is 0.170. The van der Waals surface area contributed by atoms with E-state index >= 15 is 0 Å². The van der Waals surface area contributed by atoms with E-state index in [1.165, 1.54) is 0 Å². The van der Waals surface area contributed by atoms with E-state index in [1.54, 1.807) is 11.0 Å². The van der Waals surface area contributed by atoms with E-state index in [0.717, 1.165) is 16.8 Å². The molecule has 130 valence electrons. The lowest BCUT2D eigenvalue weighted by Gasteiger charge is -2.33. The van der Waals surface area contributed by atoms with Crippen molar-refractivity contribution >= 4 is 17.6 Å². The molecular weight excluding hydrogens is 318 g/mol. The molecule has 5 atom stereocenters. The maximum Gasteiger partial charge on any atom is 0.310 e. The van der Waals surface area contributed by atoms with Crippen molar-refractivity contribution in [3.8, 4) is 0 Å². The fourth-order valence-corrected chi connectivity index (χ4v) is 4.60. The number of nitrogens with zero attached hydrogens (tertiary/aromatic N) is 1. The number of fused-ring (bicyclic) bond motifs is 1. The Labute approximate surface area is 146 Å². The molecule has 0 aromatic heterocycles. The number of hydrogen-bond donors (Lipinski definition) is 1. The van der Waals surface area contributed by atoms with Gasteiger partial charge in [-0.1, -0.05) is 29.9 Å². The highest BCUT2D eigenvalue weighted by Crippen LogP contribution is 2.56. The number of ether oxygens (including phenoxy) is 1. The van der Waals surface area contributed by atoms with E-state index < -0.39 is 29.5 Å². The molecule has 25 heavy (non-hydrogen) atoms. The number of carboxylic acid groups (broad SMARTS) is 1. The van der Waals surface area contributed by atoms with E-state index in [0.29, 0.717) is 6.42 Å². The molecule has 2 saturated heterocycles. The topological polar surface area (TPSA) is 66.8 Å². The van der Waals surface area contributed by atoms with Crippen LogP contribution in [0.15, 0.2) is 48.6 Å². The molecular formula is C20H21NO4. The lowest BCUT2D eigenvalue weighted by Crippen LogP contribution is -2.45. The van der Waals surface area contributed by atoms with Gasteiger partial charge in [0, 0.05) is 5.69 Å². The summed E-state index contributed by atoms with van der Waals surface area (Å²) < 4.78 is 6.13. The van der Waals surface area contributed by atoms with Crippen molar-refractivity contribution in [3.05, 3.63) is 54.1 Å². The molecule has 1 spiro atoms. The van der Waals surface area contributed by atoms with Gasteiger partial charge in [0.2, 0.25) is 5.91 Å². The molecule has 0 aliphatic carbocycles. The summed E-state index contributed by atoms with van der Waals surface area (Å²) in [6.07, 6.45) is 3.75. The van der Waals surface area contributed by atoms with E-state index in [4.69, 9.17) is 4.74 Å². The highest BCUT2D eigenvalue weighted by molar-refractivity contribution is 6.03. The van der Waals surface area contributed by atoms with E-state index in [-0.39, 0.29) is 11.9 Å². The lowest BCUT2D eigenvalue weighted by atomic mass is 9.74. The van der Waals surface area contributed by atoms with Crippen molar-refractivity contribution in [1.82, 2.24) is 0 Å². The number of aryl methyl sites for hydroxylation is 1. The molecule has 3 aliphatic rings. The molecule has 2 bridgehead atoms. The van der Waals surface area contributed by atoms with Gasteiger partial charge in [0.1, 0.15) is 11.5 Å². The van der Waals surface area contributed by atoms with Crippen LogP contribution in [0.2, 0.25) is 0 Å². The van der Waals surface area contributed by atoms with E-state index in [9.17, 15) is 14.7 Å². The number of benzene rings is 1. The number of amides is 1. The molecule has 0 radical (unpaired) electrons. The standard InChI is InChI=1S/C20H21NO4/c1-11(2)9-15-20-8-7-14(25-20)16(19(23)24)17(20)18(22)21(15)13-6-4-5-12(3)10-13/h4-8,10,14-17H,1,9H2,2-3H3,(H,23,24)/t14-,15+,16+,17-,20-/m1/s1. The summed E-state index contributed by atoms with van der Waals surface area (Å²) in [5, 5.41) is 9.66. The maximum atomic E-state index is 13.3. The van der Waals surface area contributed by atoms with Crippen molar-refractivity contribution < 1.29 is 19.4 Å². The molecule has 1 aromatic rings. The summed E-state index contributed by atoms with van der Waals surface area (Å²) in [5.41, 5.74) is 1.88. The first-order chi connectivity index (χ1) is 11.8. The summed E-state index contributed by atoms with van der Waals surface area (Å²) in [6.45, 7) is 7.89. The number of rotatable bonds is 4. The zero-order valence-electron chi connectivity index (χ0n) is 14.3. The Bertz CT molecular complexity index is 814. The van der Waals surface area contributed by atoms with Gasteiger partial charge in [-0.15, -0.1) is 6.58 Å². The summed E-state index contributed by atoms with van der Waals surface area (Å²) in [4.78, 5) is 26.8. The largest absolute Gasteiger partial charge is 0.481 e. The summed E-state index contributed by atoms with van der Waals surface area (Å²) >= 11 is 0. The van der Waals surface area contributed by atoms with E-state index in [2.05, 4.69) is 6.58 Å². The molecule has 1 N–H and O–H groups in total. The first-order valence-corrected chi connectivity index (χ1v) is 8.49. The highest BCUT2D eigenvalue weighted by Gasteiger charge is 2.71. The highest BCUT2D eigenvalue weighted by atomic mass is 16.5. The van der Waals surface area contributed by atoms with Crippen LogP contribution in [0.5, 0.6) is 0 Å². The molecule has 2 fully saturated rings. The molecule has 0 unspecified atom stereocenters. The van der Waals surface area contributed by atoms with Gasteiger partial charge in [0.05, 0.1) is 18.1 Å². The molecule has 5 nitrogen and oxygen atoms in total. The first-order valence-electron chi connectivity index (χ1n) is 8.49. The van der Waals surface area contributed by atoms with Crippen LogP contribution in [0.3, 0.4) is 0 Å². The van der Waals surface area contributed by atoms with Gasteiger partial charge in [0.25, 0.3) is 0 Å². The third-order valence-corrected chi connectivity index (χ3v) is 5.53.